The van der Waals surface area contributed by atoms with E-state index in [0.717, 1.165) is 11.4 Å². The van der Waals surface area contributed by atoms with E-state index < -0.39 is 11.5 Å². The van der Waals surface area contributed by atoms with Gasteiger partial charge in [0, 0.05) is 23.8 Å². The molecule has 5 nitrogen and oxygen atoms in total. The summed E-state index contributed by atoms with van der Waals surface area (Å²) in [5.74, 6) is -0.601. The van der Waals surface area contributed by atoms with Crippen molar-refractivity contribution in [3.05, 3.63) is 16.1 Å². The number of hydrogen-bond donors (Lipinski definition) is 2. The summed E-state index contributed by atoms with van der Waals surface area (Å²) >= 11 is 1.48. The maximum atomic E-state index is 12.1. The van der Waals surface area contributed by atoms with Gasteiger partial charge in [-0.25, -0.2) is 4.98 Å². The lowest BCUT2D eigenvalue weighted by Gasteiger charge is -2.25. The van der Waals surface area contributed by atoms with Gasteiger partial charge in [0.1, 0.15) is 5.69 Å². The molecule has 0 unspecified atom stereocenters. The van der Waals surface area contributed by atoms with Gasteiger partial charge in [-0.2, -0.15) is 0 Å². The van der Waals surface area contributed by atoms with Crippen molar-refractivity contribution in [1.82, 2.24) is 10.3 Å². The molecule has 0 aromatic carbocycles. The molecule has 0 atom stereocenters. The molecule has 20 heavy (non-hydrogen) atoms. The number of carbonyl (C=O) groups excluding carboxylic acids is 1. The highest BCUT2D eigenvalue weighted by Crippen LogP contribution is 2.16. The summed E-state index contributed by atoms with van der Waals surface area (Å²) < 4.78 is 0. The Hall–Kier alpha value is -1.43. The second kappa shape index (κ2) is 6.83. The van der Waals surface area contributed by atoms with E-state index in [4.69, 9.17) is 5.11 Å². The fourth-order valence-electron chi connectivity index (χ4n) is 1.71. The molecule has 0 aliphatic heterocycles. The molecule has 0 saturated heterocycles. The first-order valence-electron chi connectivity index (χ1n) is 6.68. The van der Waals surface area contributed by atoms with Crippen molar-refractivity contribution in [2.45, 2.75) is 52.5 Å². The molecular weight excluding hydrogens is 276 g/mol. The predicted molar refractivity (Wildman–Crippen MR) is 79.1 cm³/mol. The zero-order chi connectivity index (χ0) is 15.3. The van der Waals surface area contributed by atoms with Crippen molar-refractivity contribution in [2.24, 2.45) is 5.92 Å². The van der Waals surface area contributed by atoms with Gasteiger partial charge >= 0.3 is 5.97 Å². The maximum Gasteiger partial charge on any atom is 0.303 e. The molecule has 1 aromatic heterocycles. The first-order chi connectivity index (χ1) is 9.19. The number of carbonyl (C=O) groups is 2. The van der Waals surface area contributed by atoms with E-state index in [2.05, 4.69) is 24.1 Å². The van der Waals surface area contributed by atoms with Crippen LogP contribution in [0.1, 0.15) is 56.0 Å². The number of carboxylic acids is 1. The van der Waals surface area contributed by atoms with E-state index in [1.165, 1.54) is 11.3 Å². The van der Waals surface area contributed by atoms with Gasteiger partial charge in [0.05, 0.1) is 5.01 Å². The van der Waals surface area contributed by atoms with Crippen LogP contribution in [0.2, 0.25) is 0 Å². The van der Waals surface area contributed by atoms with Crippen molar-refractivity contribution in [2.75, 3.05) is 0 Å². The van der Waals surface area contributed by atoms with E-state index in [1.54, 1.807) is 5.38 Å². The molecular formula is C14H22N2O3S. The predicted octanol–water partition coefficient (Wildman–Crippen LogP) is 2.71. The SMILES string of the molecule is CC(C)Cc1nc(C(=O)NC(C)(C)CCC(=O)O)cs1. The summed E-state index contributed by atoms with van der Waals surface area (Å²) in [5.41, 5.74) is -0.147. The minimum Gasteiger partial charge on any atom is -0.481 e. The Kier molecular flexibility index (Phi) is 5.68. The van der Waals surface area contributed by atoms with Crippen LogP contribution in [-0.4, -0.2) is 27.5 Å². The average molecular weight is 298 g/mol. The summed E-state index contributed by atoms with van der Waals surface area (Å²) in [4.78, 5) is 27.0. The summed E-state index contributed by atoms with van der Waals surface area (Å²) in [7, 11) is 0. The fraction of sp³-hybridized carbons (Fsp3) is 0.643. The number of carboxylic acid groups (broad SMARTS) is 1. The van der Waals surface area contributed by atoms with Crippen LogP contribution < -0.4 is 5.32 Å². The maximum absolute atomic E-state index is 12.1. The Morgan fingerprint density at radius 1 is 1.45 bits per heavy atom. The molecule has 1 rings (SSSR count). The van der Waals surface area contributed by atoms with E-state index >= 15 is 0 Å². The van der Waals surface area contributed by atoms with Crippen LogP contribution in [0.3, 0.4) is 0 Å². The average Bonchev–Trinajstić information content (AvgIpc) is 2.73. The number of hydrogen-bond acceptors (Lipinski definition) is 4. The summed E-state index contributed by atoms with van der Waals surface area (Å²) in [5, 5.41) is 14.2. The van der Waals surface area contributed by atoms with Crippen LogP contribution in [-0.2, 0) is 11.2 Å². The number of thiazole rings is 1. The topological polar surface area (TPSA) is 79.3 Å². The van der Waals surface area contributed by atoms with Gasteiger partial charge in [0.25, 0.3) is 5.91 Å². The summed E-state index contributed by atoms with van der Waals surface area (Å²) in [6, 6.07) is 0. The third-order valence-corrected chi connectivity index (χ3v) is 3.65. The number of amides is 1. The second-order valence-electron chi connectivity index (χ2n) is 5.96. The number of aliphatic carboxylic acids is 1. The second-order valence-corrected chi connectivity index (χ2v) is 6.90. The van der Waals surface area contributed by atoms with Crippen molar-refractivity contribution < 1.29 is 14.7 Å². The molecule has 2 N–H and O–H groups in total. The normalized spacial score (nSPS) is 11.7. The van der Waals surface area contributed by atoms with Crippen LogP contribution in [0.4, 0.5) is 0 Å². The summed E-state index contributed by atoms with van der Waals surface area (Å²) in [6.07, 6.45) is 1.28. The Labute approximate surface area is 123 Å². The van der Waals surface area contributed by atoms with Gasteiger partial charge < -0.3 is 10.4 Å². The van der Waals surface area contributed by atoms with E-state index in [0.29, 0.717) is 18.0 Å². The Morgan fingerprint density at radius 3 is 2.65 bits per heavy atom. The van der Waals surface area contributed by atoms with Crippen molar-refractivity contribution >= 4 is 23.2 Å². The van der Waals surface area contributed by atoms with E-state index in [1.807, 2.05) is 13.8 Å². The molecule has 0 radical (unpaired) electrons. The monoisotopic (exact) mass is 298 g/mol. The van der Waals surface area contributed by atoms with Gasteiger partial charge in [0.15, 0.2) is 0 Å². The molecule has 1 amide bonds. The third kappa shape index (κ3) is 5.69. The molecule has 0 aliphatic carbocycles. The molecule has 0 fully saturated rings. The molecule has 0 saturated carbocycles. The molecule has 6 heteroatoms. The van der Waals surface area contributed by atoms with Crippen LogP contribution in [0.5, 0.6) is 0 Å². The lowest BCUT2D eigenvalue weighted by atomic mass is 9.98. The highest BCUT2D eigenvalue weighted by atomic mass is 32.1. The highest BCUT2D eigenvalue weighted by Gasteiger charge is 2.23. The molecule has 1 aromatic rings. The van der Waals surface area contributed by atoms with Gasteiger partial charge in [-0.05, 0) is 26.2 Å². The quantitative estimate of drug-likeness (QED) is 0.811. The highest BCUT2D eigenvalue weighted by molar-refractivity contribution is 7.09. The number of aromatic nitrogens is 1. The zero-order valence-corrected chi connectivity index (χ0v) is 13.2. The lowest BCUT2D eigenvalue weighted by Crippen LogP contribution is -2.43. The van der Waals surface area contributed by atoms with Gasteiger partial charge in [-0.3, -0.25) is 9.59 Å². The number of rotatable bonds is 7. The molecule has 0 bridgehead atoms. The van der Waals surface area contributed by atoms with Gasteiger partial charge in [-0.15, -0.1) is 11.3 Å². The lowest BCUT2D eigenvalue weighted by molar-refractivity contribution is -0.137. The smallest absolute Gasteiger partial charge is 0.303 e. The zero-order valence-electron chi connectivity index (χ0n) is 12.4. The first-order valence-corrected chi connectivity index (χ1v) is 7.56. The van der Waals surface area contributed by atoms with Gasteiger partial charge in [-0.1, -0.05) is 13.8 Å². The standard InChI is InChI=1S/C14H22N2O3S/c1-9(2)7-11-15-10(8-20-11)13(19)16-14(3,4)6-5-12(17)18/h8-9H,5-7H2,1-4H3,(H,16,19)(H,17,18). The van der Waals surface area contributed by atoms with Crippen LogP contribution in [0, 0.1) is 5.92 Å². The number of nitrogens with zero attached hydrogens (tertiary/aromatic N) is 1. The molecule has 112 valence electrons. The van der Waals surface area contributed by atoms with Crippen molar-refractivity contribution in [1.29, 1.82) is 0 Å². The van der Waals surface area contributed by atoms with Crippen molar-refractivity contribution in [3.63, 3.8) is 0 Å². The minimum absolute atomic E-state index is 0.0307. The Balaban J connectivity index is 2.61. The first kappa shape index (κ1) is 16.6. The Bertz CT molecular complexity index is 481. The van der Waals surface area contributed by atoms with Crippen LogP contribution >= 0.6 is 11.3 Å². The van der Waals surface area contributed by atoms with E-state index in [9.17, 15) is 9.59 Å². The fourth-order valence-corrected chi connectivity index (χ4v) is 2.70. The molecule has 1 heterocycles. The van der Waals surface area contributed by atoms with Crippen LogP contribution in [0.15, 0.2) is 5.38 Å². The van der Waals surface area contributed by atoms with E-state index in [-0.39, 0.29) is 12.3 Å². The number of nitrogens with one attached hydrogen (secondary N) is 1. The third-order valence-electron chi connectivity index (χ3n) is 2.78. The minimum atomic E-state index is -0.861. The molecule has 0 spiro atoms. The van der Waals surface area contributed by atoms with Crippen molar-refractivity contribution in [3.8, 4) is 0 Å². The van der Waals surface area contributed by atoms with Gasteiger partial charge in [0.2, 0.25) is 0 Å². The molecule has 0 aliphatic rings. The largest absolute Gasteiger partial charge is 0.481 e. The summed E-state index contributed by atoms with van der Waals surface area (Å²) in [6.45, 7) is 7.84. The van der Waals surface area contributed by atoms with Crippen LogP contribution in [0.25, 0.3) is 0 Å². The Morgan fingerprint density at radius 2 is 2.10 bits per heavy atom.